The maximum atomic E-state index is 13.8. The number of aryl methyl sites for hydroxylation is 2. The van der Waals surface area contributed by atoms with E-state index in [-0.39, 0.29) is 33.0 Å². The summed E-state index contributed by atoms with van der Waals surface area (Å²) in [6.45, 7) is 5.07. The van der Waals surface area contributed by atoms with E-state index >= 15 is 0 Å². The van der Waals surface area contributed by atoms with Crippen LogP contribution in [-0.4, -0.2) is 24.4 Å². The molecule has 0 aromatic heterocycles. The number of carbonyl (C=O) groups excluding carboxylic acids is 1. The molecule has 0 saturated carbocycles. The molecule has 42 heavy (non-hydrogen) atoms. The first-order chi connectivity index (χ1) is 20.1. The van der Waals surface area contributed by atoms with Crippen LogP contribution in [0.25, 0.3) is 0 Å². The first-order valence-corrected chi connectivity index (χ1v) is 14.6. The van der Waals surface area contributed by atoms with Gasteiger partial charge in [0, 0.05) is 17.7 Å². The second-order valence-electron chi connectivity index (χ2n) is 9.84. The molecule has 1 unspecified atom stereocenters. The molecule has 5 rings (SSSR count). The van der Waals surface area contributed by atoms with Crippen molar-refractivity contribution in [2.45, 2.75) is 33.7 Å². The van der Waals surface area contributed by atoms with Gasteiger partial charge in [-0.15, -0.1) is 0 Å². The minimum atomic E-state index is -0.192. The number of carbonyl (C=O) groups is 1. The van der Waals surface area contributed by atoms with Crippen LogP contribution in [0.4, 0.5) is 0 Å². The summed E-state index contributed by atoms with van der Waals surface area (Å²) in [5, 5.41) is 0.733. The summed E-state index contributed by atoms with van der Waals surface area (Å²) in [7, 11) is -0.192. The van der Waals surface area contributed by atoms with Crippen LogP contribution in [0, 0.1) is 13.8 Å². The van der Waals surface area contributed by atoms with Gasteiger partial charge < -0.3 is 14.2 Å². The molecule has 0 N–H and O–H groups in total. The van der Waals surface area contributed by atoms with E-state index in [2.05, 4.69) is 0 Å². The molecular weight excluding hydrogens is 534 g/mol. The summed E-state index contributed by atoms with van der Waals surface area (Å²) < 4.78 is 19.0. The van der Waals surface area contributed by atoms with Gasteiger partial charge in [0.2, 0.25) is 0 Å². The maximum absolute atomic E-state index is 13.8. The van der Waals surface area contributed by atoms with Crippen LogP contribution in [0.1, 0.15) is 38.2 Å². The second-order valence-corrected chi connectivity index (χ2v) is 11.0. The summed E-state index contributed by atoms with van der Waals surface area (Å²) in [4.78, 5) is 13.8. The van der Waals surface area contributed by atoms with Crippen molar-refractivity contribution >= 4 is 38.3 Å². The zero-order valence-electron chi connectivity index (χ0n) is 23.3. The topological polar surface area (TPSA) is 44.8 Å². The van der Waals surface area contributed by atoms with Crippen LogP contribution < -0.4 is 19.5 Å². The van der Waals surface area contributed by atoms with E-state index in [1.807, 2.05) is 135 Å². The Morgan fingerprint density at radius 3 is 1.40 bits per heavy atom. The van der Waals surface area contributed by atoms with Crippen LogP contribution >= 0.6 is 8.58 Å². The fourth-order valence-electron chi connectivity index (χ4n) is 4.56. The number of ether oxygens (including phenoxy) is 3. The van der Waals surface area contributed by atoms with Gasteiger partial charge in [-0.1, -0.05) is 109 Å². The van der Waals surface area contributed by atoms with E-state index in [4.69, 9.17) is 14.2 Å². The monoisotopic (exact) mass is 568 g/mol. The Morgan fingerprint density at radius 2 is 0.976 bits per heavy atom. The molecule has 0 aliphatic heterocycles. The number of benzene rings is 5. The predicted molar refractivity (Wildman–Crippen MR) is 174 cm³/mol. The second kappa shape index (κ2) is 15.4. The molecule has 5 aromatic rings. The van der Waals surface area contributed by atoms with Crippen molar-refractivity contribution in [3.63, 3.8) is 0 Å². The normalized spacial score (nSPS) is 10.7. The van der Waals surface area contributed by atoms with Crippen molar-refractivity contribution in [2.24, 2.45) is 0 Å². The van der Waals surface area contributed by atoms with E-state index in [0.29, 0.717) is 37.1 Å². The molecule has 0 bridgehead atoms. The number of hydrogen-bond acceptors (Lipinski definition) is 4. The Balaban J connectivity index is 0.00000405. The minimum absolute atomic E-state index is 0. The third-order valence-electron chi connectivity index (χ3n) is 6.71. The van der Waals surface area contributed by atoms with Crippen molar-refractivity contribution in [2.75, 3.05) is 0 Å². The van der Waals surface area contributed by atoms with Gasteiger partial charge >= 0.3 is 18.9 Å². The molecule has 1 atom stereocenters. The quantitative estimate of drug-likeness (QED) is 0.115. The molecule has 0 aliphatic carbocycles. The Hall–Kier alpha value is -3.80. The fourth-order valence-corrected chi connectivity index (χ4v) is 5.84. The van der Waals surface area contributed by atoms with E-state index in [1.165, 1.54) is 0 Å². The molecule has 0 fully saturated rings. The van der Waals surface area contributed by atoms with Gasteiger partial charge in [0.15, 0.2) is 5.52 Å². The van der Waals surface area contributed by atoms with E-state index in [9.17, 15) is 4.79 Å². The van der Waals surface area contributed by atoms with Crippen LogP contribution in [0.2, 0.25) is 0 Å². The molecule has 4 nitrogen and oxygen atoms in total. The summed E-state index contributed by atoms with van der Waals surface area (Å²) in [6, 6.07) is 39.7. The SMILES string of the molecule is Cc1cccc(C)c1C(=O)Pc1c(OCc2ccccc2)cc(OCc2ccccc2)cc1OCc1ccccc1.[LiH]. The summed E-state index contributed by atoms with van der Waals surface area (Å²) in [5.74, 6) is 1.79. The van der Waals surface area contributed by atoms with Crippen molar-refractivity contribution in [3.05, 3.63) is 155 Å². The van der Waals surface area contributed by atoms with Crippen LogP contribution in [0.5, 0.6) is 17.2 Å². The van der Waals surface area contributed by atoms with Gasteiger partial charge in [-0.25, -0.2) is 0 Å². The number of hydrogen-bond donors (Lipinski definition) is 0. The van der Waals surface area contributed by atoms with Gasteiger partial charge in [-0.2, -0.15) is 0 Å². The predicted octanol–water partition coefficient (Wildman–Crippen LogP) is 7.54. The first kappa shape index (κ1) is 31.1. The molecule has 208 valence electrons. The van der Waals surface area contributed by atoms with Crippen molar-refractivity contribution < 1.29 is 19.0 Å². The third-order valence-corrected chi connectivity index (χ3v) is 7.93. The van der Waals surface area contributed by atoms with Crippen LogP contribution in [0.3, 0.4) is 0 Å². The van der Waals surface area contributed by atoms with Crippen LogP contribution in [0.15, 0.2) is 121 Å². The molecule has 0 aliphatic rings. The summed E-state index contributed by atoms with van der Waals surface area (Å²) in [5.41, 5.74) is 5.84. The molecule has 0 spiro atoms. The average molecular weight is 569 g/mol. The molecule has 0 amide bonds. The average Bonchev–Trinajstić information content (AvgIpc) is 3.00. The zero-order valence-corrected chi connectivity index (χ0v) is 24.3. The molecule has 0 heterocycles. The number of rotatable bonds is 12. The molecule has 6 heteroatoms. The Morgan fingerprint density at radius 1 is 0.571 bits per heavy atom. The van der Waals surface area contributed by atoms with Gasteiger partial charge in [-0.05, 0) is 50.2 Å². The fraction of sp³-hybridized carbons (Fsp3) is 0.139. The van der Waals surface area contributed by atoms with Crippen molar-refractivity contribution in [1.82, 2.24) is 0 Å². The van der Waals surface area contributed by atoms with E-state index in [0.717, 1.165) is 38.7 Å². The Labute approximate surface area is 262 Å². The van der Waals surface area contributed by atoms with Crippen molar-refractivity contribution in [3.8, 4) is 17.2 Å². The standard InChI is InChI=1S/C36H33O4P.Li.H/c1-26-13-12-14-27(2)34(26)36(37)41-35-32(39-24-29-17-8-4-9-18-29)21-31(38-23-28-15-6-3-7-16-28)22-33(35)40-25-30-19-10-5-11-20-30;;/h3-22,41H,23-25H2,1-2H3;;. The van der Waals surface area contributed by atoms with Crippen molar-refractivity contribution in [1.29, 1.82) is 0 Å². The van der Waals surface area contributed by atoms with Gasteiger partial charge in [0.05, 0.1) is 5.30 Å². The van der Waals surface area contributed by atoms with E-state index < -0.39 is 0 Å². The third kappa shape index (κ3) is 8.37. The van der Waals surface area contributed by atoms with Gasteiger partial charge in [-0.3, -0.25) is 4.79 Å². The molecule has 5 aromatic carbocycles. The van der Waals surface area contributed by atoms with Gasteiger partial charge in [0.1, 0.15) is 37.1 Å². The molecular formula is C36H34LiO4P. The molecule has 0 saturated heterocycles. The Bertz CT molecular complexity index is 1510. The summed E-state index contributed by atoms with van der Waals surface area (Å²) >= 11 is 0. The van der Waals surface area contributed by atoms with Crippen LogP contribution in [-0.2, 0) is 19.8 Å². The van der Waals surface area contributed by atoms with E-state index in [1.54, 1.807) is 0 Å². The Kier molecular flexibility index (Phi) is 11.4. The zero-order chi connectivity index (χ0) is 28.4. The summed E-state index contributed by atoms with van der Waals surface area (Å²) in [6.07, 6.45) is 0. The van der Waals surface area contributed by atoms with Gasteiger partial charge in [0.25, 0.3) is 0 Å². The first-order valence-electron chi connectivity index (χ1n) is 13.6. The molecule has 0 radical (unpaired) electrons.